The number of primary amides is 1. The molecule has 1 aromatic carbocycles. The molecule has 0 aromatic heterocycles. The fourth-order valence-electron chi connectivity index (χ4n) is 2.98. The van der Waals surface area contributed by atoms with Gasteiger partial charge in [0, 0.05) is 29.1 Å². The number of nitriles is 1. The molecule has 0 fully saturated rings. The number of nitrogens with zero attached hydrogens (tertiary/aromatic N) is 2. The van der Waals surface area contributed by atoms with Crippen LogP contribution in [-0.4, -0.2) is 23.4 Å². The highest BCUT2D eigenvalue weighted by Gasteiger charge is 2.36. The van der Waals surface area contributed by atoms with E-state index < -0.39 is 22.7 Å². The number of benzene rings is 1. The molecule has 0 saturated carbocycles. The van der Waals surface area contributed by atoms with Crippen molar-refractivity contribution in [2.24, 2.45) is 5.73 Å². The van der Waals surface area contributed by atoms with Crippen molar-refractivity contribution in [2.45, 2.75) is 26.2 Å². The second kappa shape index (κ2) is 8.14. The van der Waals surface area contributed by atoms with Crippen molar-refractivity contribution in [1.82, 2.24) is 5.32 Å². The minimum absolute atomic E-state index is 0.0330. The highest BCUT2D eigenvalue weighted by atomic mass is 16.6. The van der Waals surface area contributed by atoms with Gasteiger partial charge in [0.05, 0.1) is 28.9 Å². The van der Waals surface area contributed by atoms with E-state index >= 15 is 0 Å². The third-order valence-corrected chi connectivity index (χ3v) is 4.13. The number of nitrogens with one attached hydrogen (secondary N) is 1. The van der Waals surface area contributed by atoms with Crippen molar-refractivity contribution in [1.29, 1.82) is 5.26 Å². The number of allylic oxidation sites excluding steroid dienone is 2. The van der Waals surface area contributed by atoms with Gasteiger partial charge in [-0.05, 0) is 19.4 Å². The lowest BCUT2D eigenvalue weighted by Gasteiger charge is -2.30. The number of nitro benzene ring substituents is 1. The monoisotopic (exact) mass is 370 g/mol. The van der Waals surface area contributed by atoms with Crippen LogP contribution in [-0.2, 0) is 14.3 Å². The average molecular weight is 370 g/mol. The van der Waals surface area contributed by atoms with E-state index in [2.05, 4.69) is 5.32 Å². The van der Waals surface area contributed by atoms with Crippen molar-refractivity contribution in [2.75, 3.05) is 6.61 Å². The van der Waals surface area contributed by atoms with E-state index in [0.29, 0.717) is 17.0 Å². The summed E-state index contributed by atoms with van der Waals surface area (Å²) in [7, 11) is 0. The van der Waals surface area contributed by atoms with Gasteiger partial charge in [0.25, 0.3) is 5.69 Å². The standard InChI is InChI=1S/C18H18N4O5/c1-10-14(17(20)23)16(12-4-6-13(7-5-12)22(25)26)15(11(2)21-10)18(24)27-9-3-8-19/h4-7,16,21H,3,9H2,1-2H3,(H2,20,23). The first kappa shape index (κ1) is 19.7. The van der Waals surface area contributed by atoms with E-state index in [1.807, 2.05) is 6.07 Å². The van der Waals surface area contributed by atoms with Crippen LogP contribution >= 0.6 is 0 Å². The maximum atomic E-state index is 12.6. The number of rotatable bonds is 6. The number of nitrogens with two attached hydrogens (primary N) is 1. The SMILES string of the molecule is CC1=C(C(N)=O)C(c2ccc([N+](=O)[O-])cc2)C(C(=O)OCCC#N)=C(C)N1. The summed E-state index contributed by atoms with van der Waals surface area (Å²) in [5.41, 5.74) is 7.19. The van der Waals surface area contributed by atoms with Crippen LogP contribution in [0.15, 0.2) is 46.8 Å². The molecule has 1 aliphatic rings. The molecule has 1 aromatic rings. The van der Waals surface area contributed by atoms with Gasteiger partial charge in [0.2, 0.25) is 5.91 Å². The smallest absolute Gasteiger partial charge is 0.336 e. The molecule has 1 unspecified atom stereocenters. The summed E-state index contributed by atoms with van der Waals surface area (Å²) in [6, 6.07) is 7.40. The summed E-state index contributed by atoms with van der Waals surface area (Å²) in [6.07, 6.45) is 0.0330. The largest absolute Gasteiger partial charge is 0.461 e. The summed E-state index contributed by atoms with van der Waals surface area (Å²) in [6.45, 7) is 3.22. The fourth-order valence-corrected chi connectivity index (χ4v) is 2.98. The molecule has 0 radical (unpaired) electrons. The lowest BCUT2D eigenvalue weighted by molar-refractivity contribution is -0.384. The number of amides is 1. The molecule has 1 heterocycles. The van der Waals surface area contributed by atoms with Gasteiger partial charge in [-0.2, -0.15) is 5.26 Å². The van der Waals surface area contributed by atoms with Gasteiger partial charge >= 0.3 is 5.97 Å². The van der Waals surface area contributed by atoms with E-state index in [9.17, 15) is 19.7 Å². The Balaban J connectivity index is 2.53. The highest BCUT2D eigenvalue weighted by Crippen LogP contribution is 2.38. The molecule has 2 rings (SSSR count). The number of ether oxygens (including phenoxy) is 1. The van der Waals surface area contributed by atoms with Gasteiger partial charge in [0.15, 0.2) is 0 Å². The van der Waals surface area contributed by atoms with E-state index in [0.717, 1.165) is 0 Å². The highest BCUT2D eigenvalue weighted by molar-refractivity contribution is 6.01. The third kappa shape index (κ3) is 4.12. The van der Waals surface area contributed by atoms with Gasteiger partial charge in [-0.15, -0.1) is 0 Å². The Kier molecular flexibility index (Phi) is 5.92. The number of non-ortho nitro benzene ring substituents is 1. The molecule has 27 heavy (non-hydrogen) atoms. The number of esters is 1. The first-order chi connectivity index (χ1) is 12.8. The maximum absolute atomic E-state index is 12.6. The predicted octanol–water partition coefficient (Wildman–Crippen LogP) is 1.77. The van der Waals surface area contributed by atoms with Crippen LogP contribution < -0.4 is 11.1 Å². The number of carbonyl (C=O) groups is 2. The topological polar surface area (TPSA) is 148 Å². The summed E-state index contributed by atoms with van der Waals surface area (Å²) >= 11 is 0. The Morgan fingerprint density at radius 3 is 2.37 bits per heavy atom. The number of hydrogen-bond donors (Lipinski definition) is 2. The minimum atomic E-state index is -0.834. The third-order valence-electron chi connectivity index (χ3n) is 4.13. The number of dihydropyridines is 1. The first-order valence-corrected chi connectivity index (χ1v) is 8.04. The quantitative estimate of drug-likeness (QED) is 0.335. The van der Waals surface area contributed by atoms with E-state index in [1.54, 1.807) is 13.8 Å². The lowest BCUT2D eigenvalue weighted by atomic mass is 9.80. The second-order valence-corrected chi connectivity index (χ2v) is 5.89. The van der Waals surface area contributed by atoms with Gasteiger partial charge in [0.1, 0.15) is 6.61 Å². The molecule has 0 aliphatic carbocycles. The van der Waals surface area contributed by atoms with Crippen LogP contribution in [0.25, 0.3) is 0 Å². The minimum Gasteiger partial charge on any atom is -0.461 e. The molecule has 0 saturated heterocycles. The van der Waals surface area contributed by atoms with Crippen LogP contribution in [0.3, 0.4) is 0 Å². The van der Waals surface area contributed by atoms with Crippen molar-refractivity contribution >= 4 is 17.6 Å². The summed E-state index contributed by atoms with van der Waals surface area (Å²) in [5, 5.41) is 22.4. The molecule has 3 N–H and O–H groups in total. The molecular formula is C18H18N4O5. The van der Waals surface area contributed by atoms with E-state index in [4.69, 9.17) is 15.7 Å². The molecule has 140 valence electrons. The van der Waals surface area contributed by atoms with Gasteiger partial charge in [-0.3, -0.25) is 14.9 Å². The number of hydrogen-bond acceptors (Lipinski definition) is 7. The Morgan fingerprint density at radius 2 is 1.85 bits per heavy atom. The van der Waals surface area contributed by atoms with Crippen LogP contribution in [0.2, 0.25) is 0 Å². The van der Waals surface area contributed by atoms with Crippen LogP contribution in [0.4, 0.5) is 5.69 Å². The normalized spacial score (nSPS) is 16.4. The van der Waals surface area contributed by atoms with Gasteiger partial charge in [-0.1, -0.05) is 12.1 Å². The lowest BCUT2D eigenvalue weighted by Crippen LogP contribution is -2.34. The summed E-state index contributed by atoms with van der Waals surface area (Å²) in [5.74, 6) is -2.25. The Labute approximate surface area is 155 Å². The van der Waals surface area contributed by atoms with E-state index in [1.165, 1.54) is 24.3 Å². The van der Waals surface area contributed by atoms with Crippen molar-refractivity contribution in [3.8, 4) is 6.07 Å². The Bertz CT molecular complexity index is 893. The Hall–Kier alpha value is -3.67. The Morgan fingerprint density at radius 1 is 1.26 bits per heavy atom. The fraction of sp³-hybridized carbons (Fsp3) is 0.278. The average Bonchev–Trinajstić information content (AvgIpc) is 2.60. The number of carbonyl (C=O) groups excluding carboxylic acids is 2. The predicted molar refractivity (Wildman–Crippen MR) is 94.8 cm³/mol. The van der Waals surface area contributed by atoms with E-state index in [-0.39, 0.29) is 29.9 Å². The zero-order chi connectivity index (χ0) is 20.1. The molecule has 1 aliphatic heterocycles. The number of nitro groups is 1. The second-order valence-electron chi connectivity index (χ2n) is 5.89. The first-order valence-electron chi connectivity index (χ1n) is 8.04. The molecule has 0 bridgehead atoms. The molecule has 9 nitrogen and oxygen atoms in total. The van der Waals surface area contributed by atoms with Gasteiger partial charge in [-0.25, -0.2) is 4.79 Å². The van der Waals surface area contributed by atoms with Crippen molar-refractivity contribution < 1.29 is 19.2 Å². The van der Waals surface area contributed by atoms with Crippen molar-refractivity contribution in [3.63, 3.8) is 0 Å². The van der Waals surface area contributed by atoms with Crippen LogP contribution in [0, 0.1) is 21.4 Å². The summed E-state index contributed by atoms with van der Waals surface area (Å²) < 4.78 is 5.13. The van der Waals surface area contributed by atoms with Crippen LogP contribution in [0.5, 0.6) is 0 Å². The maximum Gasteiger partial charge on any atom is 0.336 e. The van der Waals surface area contributed by atoms with Gasteiger partial charge < -0.3 is 15.8 Å². The zero-order valence-electron chi connectivity index (χ0n) is 14.8. The molecular weight excluding hydrogens is 352 g/mol. The van der Waals surface area contributed by atoms with Crippen LogP contribution in [0.1, 0.15) is 31.7 Å². The zero-order valence-corrected chi connectivity index (χ0v) is 14.8. The molecule has 1 amide bonds. The van der Waals surface area contributed by atoms with Crippen molar-refractivity contribution in [3.05, 3.63) is 62.5 Å². The summed E-state index contributed by atoms with van der Waals surface area (Å²) in [4.78, 5) is 35.0. The molecule has 1 atom stereocenters. The molecule has 0 spiro atoms. The molecule has 9 heteroatoms.